The SMILES string of the molecule is CCCOC(=O)CC(CCC1SCC2NC(=O)NC21)N1C(=O)S/C(=C2/Sc3cc(-c4ccccc4)oc32)C1=O. The third-order valence-corrected chi connectivity index (χ3v) is 10.8. The number of esters is 1. The van der Waals surface area contributed by atoms with Gasteiger partial charge in [-0.1, -0.05) is 49.0 Å². The van der Waals surface area contributed by atoms with E-state index in [0.29, 0.717) is 47.2 Å². The molecule has 0 aliphatic carbocycles. The largest absolute Gasteiger partial charge is 0.466 e. The van der Waals surface area contributed by atoms with E-state index in [-0.39, 0.29) is 29.8 Å². The Morgan fingerprint density at radius 3 is 2.77 bits per heavy atom. The first-order valence-electron chi connectivity index (χ1n) is 12.9. The first kappa shape index (κ1) is 26.4. The van der Waals surface area contributed by atoms with Gasteiger partial charge in [-0.05, 0) is 37.1 Å². The van der Waals surface area contributed by atoms with Gasteiger partial charge in [0.25, 0.3) is 11.1 Å². The van der Waals surface area contributed by atoms with Gasteiger partial charge in [0.05, 0.1) is 41.0 Å². The number of nitrogens with zero attached hydrogens (tertiary/aromatic N) is 1. The number of hydrogen-bond donors (Lipinski definition) is 2. The number of hydrogen-bond acceptors (Lipinski definition) is 9. The number of amides is 4. The number of urea groups is 1. The number of ether oxygens (including phenoxy) is 1. The smallest absolute Gasteiger partial charge is 0.315 e. The van der Waals surface area contributed by atoms with Crippen LogP contribution in [-0.2, 0) is 14.3 Å². The van der Waals surface area contributed by atoms with Crippen molar-refractivity contribution in [3.05, 3.63) is 47.1 Å². The van der Waals surface area contributed by atoms with Gasteiger partial charge in [0, 0.05) is 16.6 Å². The van der Waals surface area contributed by atoms with Crippen molar-refractivity contribution < 1.29 is 28.3 Å². The molecule has 0 radical (unpaired) electrons. The molecule has 3 fully saturated rings. The number of carbonyl (C=O) groups is 4. The molecular formula is C27H27N3O6S3. The highest BCUT2D eigenvalue weighted by molar-refractivity contribution is 8.20. The predicted molar refractivity (Wildman–Crippen MR) is 151 cm³/mol. The van der Waals surface area contributed by atoms with Crippen LogP contribution in [0.4, 0.5) is 9.59 Å². The maximum absolute atomic E-state index is 13.6. The van der Waals surface area contributed by atoms with Crippen molar-refractivity contribution >= 4 is 63.3 Å². The number of rotatable bonds is 9. The van der Waals surface area contributed by atoms with Gasteiger partial charge >= 0.3 is 12.0 Å². The third kappa shape index (κ3) is 5.09. The zero-order valence-corrected chi connectivity index (χ0v) is 23.6. The van der Waals surface area contributed by atoms with Crippen molar-refractivity contribution in [2.24, 2.45) is 0 Å². The molecule has 2 aromatic rings. The maximum atomic E-state index is 13.6. The number of carbonyl (C=O) groups excluding carboxylic acids is 4. The predicted octanol–water partition coefficient (Wildman–Crippen LogP) is 5.07. The van der Waals surface area contributed by atoms with Crippen LogP contribution in [0.2, 0.25) is 0 Å². The maximum Gasteiger partial charge on any atom is 0.315 e. The van der Waals surface area contributed by atoms with Crippen LogP contribution in [0.5, 0.6) is 0 Å². The van der Waals surface area contributed by atoms with E-state index in [0.717, 1.165) is 28.0 Å². The molecule has 0 saturated carbocycles. The van der Waals surface area contributed by atoms with E-state index in [1.807, 2.05) is 43.3 Å². The van der Waals surface area contributed by atoms with E-state index < -0.39 is 23.2 Å². The van der Waals surface area contributed by atoms with Gasteiger partial charge in [-0.25, -0.2) is 4.79 Å². The molecule has 4 aliphatic rings. The molecule has 4 unspecified atom stereocenters. The van der Waals surface area contributed by atoms with Crippen LogP contribution in [0.15, 0.2) is 50.6 Å². The molecule has 39 heavy (non-hydrogen) atoms. The number of thioether (sulfide) groups is 3. The van der Waals surface area contributed by atoms with Crippen LogP contribution >= 0.6 is 35.3 Å². The van der Waals surface area contributed by atoms with Crippen LogP contribution in [0.3, 0.4) is 0 Å². The van der Waals surface area contributed by atoms with E-state index in [2.05, 4.69) is 10.6 Å². The molecule has 1 aromatic carbocycles. The molecule has 3 saturated heterocycles. The minimum Gasteiger partial charge on any atom is -0.466 e. The van der Waals surface area contributed by atoms with Crippen LogP contribution < -0.4 is 10.6 Å². The summed E-state index contributed by atoms with van der Waals surface area (Å²) in [6.45, 7) is 2.20. The highest BCUT2D eigenvalue weighted by atomic mass is 32.2. The van der Waals surface area contributed by atoms with Gasteiger partial charge in [0.1, 0.15) is 10.7 Å². The van der Waals surface area contributed by atoms with E-state index in [1.165, 1.54) is 16.7 Å². The molecule has 9 nitrogen and oxygen atoms in total. The number of imide groups is 1. The Hall–Kier alpha value is -2.83. The van der Waals surface area contributed by atoms with Crippen LogP contribution in [0, 0.1) is 0 Å². The highest BCUT2D eigenvalue weighted by Gasteiger charge is 2.47. The van der Waals surface area contributed by atoms with Crippen LogP contribution in [0.1, 0.15) is 38.4 Å². The van der Waals surface area contributed by atoms with Crippen LogP contribution in [-0.4, -0.2) is 63.8 Å². The quantitative estimate of drug-likeness (QED) is 0.236. The Balaban J connectivity index is 1.21. The number of furan rings is 1. The van der Waals surface area contributed by atoms with E-state index in [4.69, 9.17) is 9.15 Å². The minimum absolute atomic E-state index is 0.00483. The molecular weight excluding hydrogens is 559 g/mol. The van der Waals surface area contributed by atoms with E-state index in [1.54, 1.807) is 11.8 Å². The zero-order valence-electron chi connectivity index (χ0n) is 21.1. The summed E-state index contributed by atoms with van der Waals surface area (Å²) in [5, 5.41) is 5.63. The Kier molecular flexibility index (Phi) is 7.43. The summed E-state index contributed by atoms with van der Waals surface area (Å²) in [4.78, 5) is 54.4. The van der Waals surface area contributed by atoms with Gasteiger partial charge in [-0.3, -0.25) is 19.3 Å². The summed E-state index contributed by atoms with van der Waals surface area (Å²) in [6.07, 6.45) is 1.71. The summed E-state index contributed by atoms with van der Waals surface area (Å²) in [6, 6.07) is 10.9. The first-order valence-corrected chi connectivity index (χ1v) is 15.6. The van der Waals surface area contributed by atoms with Crippen LogP contribution in [0.25, 0.3) is 16.2 Å². The second-order valence-corrected chi connectivity index (χ2v) is 13.0. The topological polar surface area (TPSA) is 118 Å². The standard InChI is InChI=1S/C27H27N3O6S3/c1-2-10-35-20(31)11-15(8-9-18-21-16(13-37-18)28-26(33)29-21)30-25(32)24(39-27(30)34)23-22-19(38-23)12-17(36-22)14-6-4-3-5-7-14/h3-7,12,15-16,18,21H,2,8-11,13H2,1H3,(H2,28,29,33)/b24-23+. The molecule has 5 heterocycles. The summed E-state index contributed by atoms with van der Waals surface area (Å²) < 4.78 is 11.4. The second-order valence-electron chi connectivity index (χ2n) is 9.75. The normalized spacial score (nSPS) is 26.1. The van der Waals surface area contributed by atoms with Gasteiger partial charge in [0.2, 0.25) is 0 Å². The molecule has 12 heteroatoms. The van der Waals surface area contributed by atoms with E-state index in [9.17, 15) is 19.2 Å². The summed E-state index contributed by atoms with van der Waals surface area (Å²) >= 11 is 4.07. The van der Waals surface area contributed by atoms with Crippen molar-refractivity contribution in [3.8, 4) is 11.3 Å². The number of benzene rings is 1. The van der Waals surface area contributed by atoms with Crippen molar-refractivity contribution in [2.45, 2.75) is 60.9 Å². The second kappa shape index (κ2) is 11.0. The lowest BCUT2D eigenvalue weighted by Gasteiger charge is -2.27. The van der Waals surface area contributed by atoms with Crippen molar-refractivity contribution in [3.63, 3.8) is 0 Å². The molecule has 204 valence electrons. The minimum atomic E-state index is -0.634. The van der Waals surface area contributed by atoms with Crippen molar-refractivity contribution in [1.82, 2.24) is 15.5 Å². The molecule has 2 N–H and O–H groups in total. The summed E-state index contributed by atoms with van der Waals surface area (Å²) in [7, 11) is 0. The molecule has 0 bridgehead atoms. The summed E-state index contributed by atoms with van der Waals surface area (Å²) in [5.41, 5.74) is 0.936. The molecule has 1 aromatic heterocycles. The Bertz CT molecular complexity index is 1360. The van der Waals surface area contributed by atoms with Crippen molar-refractivity contribution in [2.75, 3.05) is 12.4 Å². The van der Waals surface area contributed by atoms with E-state index >= 15 is 0 Å². The van der Waals surface area contributed by atoms with Crippen molar-refractivity contribution in [1.29, 1.82) is 0 Å². The third-order valence-electron chi connectivity index (χ3n) is 7.14. The first-order chi connectivity index (χ1) is 18.9. The fraction of sp³-hybridized carbons (Fsp3) is 0.407. The fourth-order valence-corrected chi connectivity index (χ4v) is 8.77. The Morgan fingerprint density at radius 2 is 1.97 bits per heavy atom. The average molecular weight is 586 g/mol. The Labute approximate surface area is 238 Å². The lowest BCUT2D eigenvalue weighted by molar-refractivity contribution is -0.145. The zero-order chi connectivity index (χ0) is 27.1. The monoisotopic (exact) mass is 585 g/mol. The molecule has 0 spiro atoms. The van der Waals surface area contributed by atoms with Gasteiger partial charge in [-0.2, -0.15) is 11.8 Å². The lowest BCUT2D eigenvalue weighted by atomic mass is 9.99. The number of fused-ring (bicyclic) bond motifs is 2. The van der Waals surface area contributed by atoms with Gasteiger partial charge in [0.15, 0.2) is 5.76 Å². The average Bonchev–Trinajstić information content (AvgIpc) is 3.64. The van der Waals surface area contributed by atoms with Gasteiger partial charge < -0.3 is 19.8 Å². The Morgan fingerprint density at radius 1 is 1.15 bits per heavy atom. The molecule has 6 rings (SSSR count). The summed E-state index contributed by atoms with van der Waals surface area (Å²) in [5.74, 6) is 1.29. The fourth-order valence-electron chi connectivity index (χ4n) is 5.23. The lowest BCUT2D eigenvalue weighted by Crippen LogP contribution is -2.42. The van der Waals surface area contributed by atoms with Gasteiger partial charge in [-0.15, -0.1) is 0 Å². The molecule has 4 aliphatic heterocycles. The highest BCUT2D eigenvalue weighted by Crippen LogP contribution is 2.56. The number of nitrogens with one attached hydrogen (secondary N) is 2. The molecule has 4 amide bonds. The molecule has 4 atom stereocenters.